The van der Waals surface area contributed by atoms with Crippen LogP contribution in [0.2, 0.25) is 0 Å². The molecule has 0 saturated carbocycles. The Kier molecular flexibility index (Phi) is 3.25. The van der Waals surface area contributed by atoms with E-state index in [1.165, 1.54) is 0 Å². The molecular weight excluding hydrogens is 170 g/mol. The molecule has 0 aromatic rings. The molecule has 1 aliphatic heterocycles. The summed E-state index contributed by atoms with van der Waals surface area (Å²) in [4.78, 5) is 23.6. The molecule has 1 fully saturated rings. The molecule has 1 rings (SSSR count). The number of likely N-dealkylation sites (tertiary alicyclic amines) is 1. The van der Waals surface area contributed by atoms with E-state index in [-0.39, 0.29) is 24.3 Å². The van der Waals surface area contributed by atoms with E-state index < -0.39 is 0 Å². The molecular formula is C8H15N3O2. The third kappa shape index (κ3) is 2.42. The summed E-state index contributed by atoms with van der Waals surface area (Å²) in [7, 11) is 1.76. The lowest BCUT2D eigenvalue weighted by molar-refractivity contribution is -0.129. The Bertz CT molecular complexity index is 217. The first-order chi connectivity index (χ1) is 6.15. The van der Waals surface area contributed by atoms with Crippen molar-refractivity contribution in [2.45, 2.75) is 18.9 Å². The second-order valence-electron chi connectivity index (χ2n) is 3.17. The number of nitrogens with one attached hydrogen (secondary N) is 1. The number of carbonyl (C=O) groups excluding carboxylic acids is 2. The summed E-state index contributed by atoms with van der Waals surface area (Å²) in [5, 5.41) is 2.92. The lowest BCUT2D eigenvalue weighted by Crippen LogP contribution is -2.37. The number of primary amides is 1. The van der Waals surface area contributed by atoms with Crippen molar-refractivity contribution in [3.8, 4) is 0 Å². The standard InChI is InChI=1S/C8H15N3O2/c1-10-6-2-4-11(8(6)13)5-3-7(9)12/h6,10H,2-5H2,1H3,(H2,9,12). The van der Waals surface area contributed by atoms with Gasteiger partial charge in [-0.15, -0.1) is 0 Å². The van der Waals surface area contributed by atoms with Crippen molar-refractivity contribution < 1.29 is 9.59 Å². The van der Waals surface area contributed by atoms with Crippen LogP contribution in [0.1, 0.15) is 12.8 Å². The minimum Gasteiger partial charge on any atom is -0.370 e. The van der Waals surface area contributed by atoms with Gasteiger partial charge < -0.3 is 16.0 Å². The van der Waals surface area contributed by atoms with Crippen LogP contribution in [0, 0.1) is 0 Å². The molecule has 0 aromatic heterocycles. The molecule has 1 aliphatic rings. The Hall–Kier alpha value is -1.10. The fourth-order valence-corrected chi connectivity index (χ4v) is 1.47. The number of likely N-dealkylation sites (N-methyl/N-ethyl adjacent to an activating group) is 1. The normalized spacial score (nSPS) is 22.4. The summed E-state index contributed by atoms with van der Waals surface area (Å²) in [5.74, 6) is -0.288. The van der Waals surface area contributed by atoms with E-state index in [1.807, 2.05) is 0 Å². The fourth-order valence-electron chi connectivity index (χ4n) is 1.47. The van der Waals surface area contributed by atoms with Crippen LogP contribution >= 0.6 is 0 Å². The third-order valence-corrected chi connectivity index (χ3v) is 2.27. The Balaban J connectivity index is 2.37. The summed E-state index contributed by atoms with van der Waals surface area (Å²) >= 11 is 0. The van der Waals surface area contributed by atoms with Gasteiger partial charge in [-0.1, -0.05) is 0 Å². The van der Waals surface area contributed by atoms with Crippen molar-refractivity contribution in [3.63, 3.8) is 0 Å². The first kappa shape index (κ1) is 9.98. The van der Waals surface area contributed by atoms with Gasteiger partial charge in [0, 0.05) is 19.5 Å². The van der Waals surface area contributed by atoms with Crippen molar-refractivity contribution in [1.29, 1.82) is 0 Å². The molecule has 74 valence electrons. The van der Waals surface area contributed by atoms with Crippen LogP contribution in [0.15, 0.2) is 0 Å². The first-order valence-corrected chi connectivity index (χ1v) is 4.39. The minimum absolute atomic E-state index is 0.0729. The molecule has 1 unspecified atom stereocenters. The van der Waals surface area contributed by atoms with Gasteiger partial charge in [0.25, 0.3) is 0 Å². The van der Waals surface area contributed by atoms with E-state index >= 15 is 0 Å². The molecule has 0 spiro atoms. The maximum atomic E-state index is 11.5. The Morgan fingerprint density at radius 2 is 2.46 bits per heavy atom. The van der Waals surface area contributed by atoms with Crippen LogP contribution in [-0.4, -0.2) is 42.9 Å². The smallest absolute Gasteiger partial charge is 0.239 e. The topological polar surface area (TPSA) is 75.4 Å². The SMILES string of the molecule is CNC1CCN(CCC(N)=O)C1=O. The zero-order valence-electron chi connectivity index (χ0n) is 7.75. The number of hydrogen-bond donors (Lipinski definition) is 2. The summed E-state index contributed by atoms with van der Waals surface area (Å²) in [6.07, 6.45) is 1.07. The van der Waals surface area contributed by atoms with Crippen LogP contribution in [0.4, 0.5) is 0 Å². The number of nitrogens with zero attached hydrogens (tertiary/aromatic N) is 1. The van der Waals surface area contributed by atoms with E-state index in [4.69, 9.17) is 5.73 Å². The molecule has 5 heteroatoms. The largest absolute Gasteiger partial charge is 0.370 e. The fraction of sp³-hybridized carbons (Fsp3) is 0.750. The molecule has 0 radical (unpaired) electrons. The molecule has 0 aromatic carbocycles. The highest BCUT2D eigenvalue weighted by atomic mass is 16.2. The van der Waals surface area contributed by atoms with Crippen molar-refractivity contribution in [1.82, 2.24) is 10.2 Å². The van der Waals surface area contributed by atoms with Gasteiger partial charge >= 0.3 is 0 Å². The number of hydrogen-bond acceptors (Lipinski definition) is 3. The summed E-state index contributed by atoms with van der Waals surface area (Å²) < 4.78 is 0. The first-order valence-electron chi connectivity index (χ1n) is 4.39. The zero-order valence-corrected chi connectivity index (χ0v) is 7.75. The number of amides is 2. The van der Waals surface area contributed by atoms with Gasteiger partial charge in [-0.3, -0.25) is 9.59 Å². The molecule has 1 heterocycles. The highest BCUT2D eigenvalue weighted by Crippen LogP contribution is 2.10. The van der Waals surface area contributed by atoms with E-state index in [0.717, 1.165) is 13.0 Å². The van der Waals surface area contributed by atoms with E-state index in [9.17, 15) is 9.59 Å². The van der Waals surface area contributed by atoms with Crippen molar-refractivity contribution in [3.05, 3.63) is 0 Å². The van der Waals surface area contributed by atoms with Gasteiger partial charge in [0.1, 0.15) is 0 Å². The number of nitrogens with two attached hydrogens (primary N) is 1. The molecule has 13 heavy (non-hydrogen) atoms. The minimum atomic E-state index is -0.360. The zero-order chi connectivity index (χ0) is 9.84. The molecule has 2 amide bonds. The second kappa shape index (κ2) is 4.23. The van der Waals surface area contributed by atoms with E-state index in [1.54, 1.807) is 11.9 Å². The van der Waals surface area contributed by atoms with Crippen LogP contribution in [-0.2, 0) is 9.59 Å². The van der Waals surface area contributed by atoms with Crippen molar-refractivity contribution in [2.24, 2.45) is 5.73 Å². The predicted octanol–water partition coefficient (Wildman–Crippen LogP) is -1.32. The highest BCUT2D eigenvalue weighted by molar-refractivity contribution is 5.84. The quantitative estimate of drug-likeness (QED) is 0.570. The highest BCUT2D eigenvalue weighted by Gasteiger charge is 2.29. The van der Waals surface area contributed by atoms with Gasteiger partial charge in [0.2, 0.25) is 11.8 Å². The monoisotopic (exact) mass is 185 g/mol. The molecule has 0 bridgehead atoms. The average molecular weight is 185 g/mol. The van der Waals surface area contributed by atoms with Crippen LogP contribution < -0.4 is 11.1 Å². The van der Waals surface area contributed by atoms with Gasteiger partial charge in [-0.25, -0.2) is 0 Å². The Morgan fingerprint density at radius 1 is 1.77 bits per heavy atom. The van der Waals surface area contributed by atoms with Crippen LogP contribution in [0.25, 0.3) is 0 Å². The molecule has 0 aliphatic carbocycles. The van der Waals surface area contributed by atoms with Crippen LogP contribution in [0.5, 0.6) is 0 Å². The van der Waals surface area contributed by atoms with E-state index in [2.05, 4.69) is 5.32 Å². The number of rotatable bonds is 4. The van der Waals surface area contributed by atoms with Gasteiger partial charge in [0.15, 0.2) is 0 Å². The molecule has 1 saturated heterocycles. The lowest BCUT2D eigenvalue weighted by atomic mass is 10.3. The maximum Gasteiger partial charge on any atom is 0.239 e. The van der Waals surface area contributed by atoms with Gasteiger partial charge in [0.05, 0.1) is 6.04 Å². The molecule has 1 atom stereocenters. The number of carbonyl (C=O) groups is 2. The Morgan fingerprint density at radius 3 is 2.92 bits per heavy atom. The summed E-state index contributed by atoms with van der Waals surface area (Å²) in [6.45, 7) is 1.17. The van der Waals surface area contributed by atoms with Gasteiger partial charge in [-0.2, -0.15) is 0 Å². The van der Waals surface area contributed by atoms with Gasteiger partial charge in [-0.05, 0) is 13.5 Å². The Labute approximate surface area is 77.3 Å². The second-order valence-corrected chi connectivity index (χ2v) is 3.17. The van der Waals surface area contributed by atoms with E-state index in [0.29, 0.717) is 6.54 Å². The third-order valence-electron chi connectivity index (χ3n) is 2.27. The predicted molar refractivity (Wildman–Crippen MR) is 47.9 cm³/mol. The summed E-state index contributed by atoms with van der Waals surface area (Å²) in [6, 6.07) is -0.0760. The average Bonchev–Trinajstić information content (AvgIpc) is 2.43. The molecule has 5 nitrogen and oxygen atoms in total. The maximum absolute atomic E-state index is 11.5. The van der Waals surface area contributed by atoms with Crippen LogP contribution in [0.3, 0.4) is 0 Å². The molecule has 3 N–H and O–H groups in total. The van der Waals surface area contributed by atoms with Crippen molar-refractivity contribution in [2.75, 3.05) is 20.1 Å². The van der Waals surface area contributed by atoms with Crippen molar-refractivity contribution >= 4 is 11.8 Å². The summed E-state index contributed by atoms with van der Waals surface area (Å²) in [5.41, 5.74) is 4.99. The lowest BCUT2D eigenvalue weighted by Gasteiger charge is -2.14.